The van der Waals surface area contributed by atoms with Crippen molar-refractivity contribution in [2.75, 3.05) is 6.54 Å². The highest BCUT2D eigenvalue weighted by Crippen LogP contribution is 2.24. The van der Waals surface area contributed by atoms with Crippen molar-refractivity contribution in [1.82, 2.24) is 24.5 Å². The van der Waals surface area contributed by atoms with Gasteiger partial charge in [-0.05, 0) is 49.7 Å². The molecule has 0 saturated heterocycles. The third-order valence-corrected chi connectivity index (χ3v) is 4.63. The van der Waals surface area contributed by atoms with Crippen LogP contribution in [0.25, 0.3) is 16.7 Å². The molecule has 7 heteroatoms. The Bertz CT molecular complexity index is 1130. The number of carbonyl (C=O) groups is 1. The second kappa shape index (κ2) is 6.46. The van der Waals surface area contributed by atoms with Crippen molar-refractivity contribution in [1.29, 1.82) is 0 Å². The van der Waals surface area contributed by atoms with Gasteiger partial charge in [-0.25, -0.2) is 0 Å². The highest BCUT2D eigenvalue weighted by molar-refractivity contribution is 6.30. The van der Waals surface area contributed by atoms with Crippen LogP contribution in [0.3, 0.4) is 0 Å². The monoisotopic (exact) mass is 367 g/mol. The van der Waals surface area contributed by atoms with Crippen LogP contribution in [0.15, 0.2) is 42.5 Å². The molecule has 0 aliphatic heterocycles. The molecule has 0 unspecified atom stereocenters. The van der Waals surface area contributed by atoms with Crippen molar-refractivity contribution in [3.63, 3.8) is 0 Å². The third-order valence-electron chi connectivity index (χ3n) is 4.40. The van der Waals surface area contributed by atoms with Gasteiger partial charge in [0.2, 0.25) is 0 Å². The maximum atomic E-state index is 12.7. The van der Waals surface area contributed by atoms with Crippen LogP contribution >= 0.6 is 11.6 Å². The normalized spacial score (nSPS) is 11.3. The molecule has 6 nitrogen and oxygen atoms in total. The molecule has 0 radical (unpaired) electrons. The van der Waals surface area contributed by atoms with Crippen molar-refractivity contribution < 1.29 is 4.79 Å². The fourth-order valence-corrected chi connectivity index (χ4v) is 3.48. The predicted octanol–water partition coefficient (Wildman–Crippen LogP) is 3.44. The molecule has 1 N–H and O–H groups in total. The minimum Gasteiger partial charge on any atom is -0.351 e. The molecule has 0 spiro atoms. The van der Waals surface area contributed by atoms with Crippen LogP contribution in [-0.2, 0) is 6.54 Å². The number of nitrogens with zero attached hydrogens (tertiary/aromatic N) is 4. The summed E-state index contributed by atoms with van der Waals surface area (Å²) in [5.74, 6) is 0.678. The van der Waals surface area contributed by atoms with Gasteiger partial charge in [0.25, 0.3) is 5.91 Å². The first-order valence-corrected chi connectivity index (χ1v) is 8.83. The van der Waals surface area contributed by atoms with E-state index in [1.807, 2.05) is 65.3 Å². The number of carbonyl (C=O) groups excluding carboxylic acids is 1. The predicted molar refractivity (Wildman–Crippen MR) is 102 cm³/mol. The van der Waals surface area contributed by atoms with Gasteiger partial charge in [-0.2, -0.15) is 0 Å². The SMILES string of the molecule is CCNC(=O)c1cc2c(ccc3nnc(C)n32)n1Cc1cccc(Cl)c1. The van der Waals surface area contributed by atoms with Crippen molar-refractivity contribution in [2.24, 2.45) is 0 Å². The van der Waals surface area contributed by atoms with Crippen molar-refractivity contribution in [3.8, 4) is 0 Å². The molecule has 3 aromatic heterocycles. The largest absolute Gasteiger partial charge is 0.351 e. The lowest BCUT2D eigenvalue weighted by Gasteiger charge is -2.11. The van der Waals surface area contributed by atoms with E-state index >= 15 is 0 Å². The van der Waals surface area contributed by atoms with Crippen molar-refractivity contribution >= 4 is 34.2 Å². The standard InChI is InChI=1S/C19H18ClN5O/c1-3-21-19(26)17-10-16-15(7-8-18-23-22-12(2)25(16)18)24(17)11-13-5-4-6-14(20)9-13/h4-10H,3,11H2,1-2H3,(H,21,26). The van der Waals surface area contributed by atoms with E-state index in [-0.39, 0.29) is 5.91 Å². The molecule has 0 aliphatic rings. The van der Waals surface area contributed by atoms with Gasteiger partial charge in [0.05, 0.1) is 11.0 Å². The molecule has 1 amide bonds. The van der Waals surface area contributed by atoms with Gasteiger partial charge in [0, 0.05) is 18.1 Å². The highest BCUT2D eigenvalue weighted by Gasteiger charge is 2.18. The molecule has 0 fully saturated rings. The number of halogens is 1. The quantitative estimate of drug-likeness (QED) is 0.601. The first-order chi connectivity index (χ1) is 12.6. The fourth-order valence-electron chi connectivity index (χ4n) is 3.27. The van der Waals surface area contributed by atoms with Crippen LogP contribution < -0.4 is 5.32 Å². The number of amides is 1. The Morgan fingerprint density at radius 3 is 2.77 bits per heavy atom. The maximum absolute atomic E-state index is 12.7. The molecule has 132 valence electrons. The minimum atomic E-state index is -0.107. The number of aromatic nitrogens is 4. The molecule has 3 heterocycles. The molecule has 0 aliphatic carbocycles. The van der Waals surface area contributed by atoms with E-state index in [1.165, 1.54) is 0 Å². The Morgan fingerprint density at radius 2 is 2.00 bits per heavy atom. The summed E-state index contributed by atoms with van der Waals surface area (Å²) in [6.07, 6.45) is 0. The molecule has 0 bridgehead atoms. The molecule has 0 saturated carbocycles. The van der Waals surface area contributed by atoms with E-state index in [0.29, 0.717) is 23.8 Å². The summed E-state index contributed by atoms with van der Waals surface area (Å²) in [4.78, 5) is 12.7. The summed E-state index contributed by atoms with van der Waals surface area (Å²) in [6, 6.07) is 13.5. The zero-order valence-electron chi connectivity index (χ0n) is 14.5. The van der Waals surface area contributed by atoms with Gasteiger partial charge < -0.3 is 9.88 Å². The topological polar surface area (TPSA) is 64.2 Å². The highest BCUT2D eigenvalue weighted by atomic mass is 35.5. The van der Waals surface area contributed by atoms with Crippen LogP contribution in [0.1, 0.15) is 28.8 Å². The maximum Gasteiger partial charge on any atom is 0.268 e. The zero-order valence-corrected chi connectivity index (χ0v) is 15.3. The summed E-state index contributed by atoms with van der Waals surface area (Å²) in [5.41, 5.74) is 4.25. The van der Waals surface area contributed by atoms with Gasteiger partial charge in [-0.1, -0.05) is 23.7 Å². The average Bonchev–Trinajstić information content (AvgIpc) is 3.16. The van der Waals surface area contributed by atoms with Crippen molar-refractivity contribution in [2.45, 2.75) is 20.4 Å². The summed E-state index contributed by atoms with van der Waals surface area (Å²) >= 11 is 6.13. The average molecular weight is 368 g/mol. The number of hydrogen-bond donors (Lipinski definition) is 1. The molecule has 4 aromatic rings. The summed E-state index contributed by atoms with van der Waals surface area (Å²) in [5, 5.41) is 11.9. The van der Waals surface area contributed by atoms with E-state index in [1.54, 1.807) is 0 Å². The van der Waals surface area contributed by atoms with Crippen LogP contribution in [-0.4, -0.2) is 31.6 Å². The van der Waals surface area contributed by atoms with Crippen LogP contribution in [0, 0.1) is 6.92 Å². The van der Waals surface area contributed by atoms with Crippen LogP contribution in [0.4, 0.5) is 0 Å². The molecule has 1 aromatic carbocycles. The Hall–Kier alpha value is -2.86. The summed E-state index contributed by atoms with van der Waals surface area (Å²) in [7, 11) is 0. The Kier molecular flexibility index (Phi) is 4.12. The van der Waals surface area contributed by atoms with E-state index in [2.05, 4.69) is 15.5 Å². The number of benzene rings is 1. The Morgan fingerprint density at radius 1 is 1.15 bits per heavy atom. The molecular weight excluding hydrogens is 350 g/mol. The molecule has 0 atom stereocenters. The first kappa shape index (κ1) is 16.6. The minimum absolute atomic E-state index is 0.107. The number of pyridine rings is 1. The lowest BCUT2D eigenvalue weighted by atomic mass is 10.2. The summed E-state index contributed by atoms with van der Waals surface area (Å²) < 4.78 is 3.97. The van der Waals surface area contributed by atoms with E-state index in [0.717, 1.165) is 28.1 Å². The van der Waals surface area contributed by atoms with E-state index < -0.39 is 0 Å². The zero-order chi connectivity index (χ0) is 18.3. The number of fused-ring (bicyclic) bond motifs is 3. The van der Waals surface area contributed by atoms with Gasteiger partial charge >= 0.3 is 0 Å². The number of aryl methyl sites for hydroxylation is 1. The molecule has 26 heavy (non-hydrogen) atoms. The lowest BCUT2D eigenvalue weighted by Crippen LogP contribution is -2.25. The second-order valence-electron chi connectivity index (χ2n) is 6.15. The molecule has 4 rings (SSSR count). The Labute approximate surface area is 155 Å². The number of rotatable bonds is 4. The Balaban J connectivity index is 1.95. The van der Waals surface area contributed by atoms with Crippen molar-refractivity contribution in [3.05, 3.63) is 64.6 Å². The van der Waals surface area contributed by atoms with Crippen LogP contribution in [0.5, 0.6) is 0 Å². The van der Waals surface area contributed by atoms with E-state index in [9.17, 15) is 4.79 Å². The van der Waals surface area contributed by atoms with E-state index in [4.69, 9.17) is 11.6 Å². The number of hydrogen-bond acceptors (Lipinski definition) is 3. The van der Waals surface area contributed by atoms with Gasteiger partial charge in [0.15, 0.2) is 5.65 Å². The smallest absolute Gasteiger partial charge is 0.268 e. The summed E-state index contributed by atoms with van der Waals surface area (Å²) in [6.45, 7) is 4.92. The van der Waals surface area contributed by atoms with Gasteiger partial charge in [-0.3, -0.25) is 9.20 Å². The lowest BCUT2D eigenvalue weighted by molar-refractivity contribution is 0.0947. The first-order valence-electron chi connectivity index (χ1n) is 8.45. The van der Waals surface area contributed by atoms with Gasteiger partial charge in [0.1, 0.15) is 11.5 Å². The number of nitrogens with one attached hydrogen (secondary N) is 1. The van der Waals surface area contributed by atoms with Crippen LogP contribution in [0.2, 0.25) is 5.02 Å². The molecular formula is C19H18ClN5O. The fraction of sp³-hybridized carbons (Fsp3) is 0.211. The second-order valence-corrected chi connectivity index (χ2v) is 6.59. The van der Waals surface area contributed by atoms with Gasteiger partial charge in [-0.15, -0.1) is 10.2 Å². The third kappa shape index (κ3) is 2.72.